The number of guanidine groups is 1. The van der Waals surface area contributed by atoms with E-state index >= 15 is 0 Å². The maximum absolute atomic E-state index is 10.9. The maximum atomic E-state index is 10.9. The van der Waals surface area contributed by atoms with Gasteiger partial charge in [-0.15, -0.1) is 0 Å². The van der Waals surface area contributed by atoms with Crippen molar-refractivity contribution in [1.82, 2.24) is 10.7 Å². The van der Waals surface area contributed by atoms with Crippen molar-refractivity contribution >= 4 is 33.8 Å². The summed E-state index contributed by atoms with van der Waals surface area (Å²) >= 11 is 3.26. The van der Waals surface area contributed by atoms with E-state index in [-0.39, 0.29) is 5.69 Å². The summed E-state index contributed by atoms with van der Waals surface area (Å²) < 4.78 is 0.614. The number of rotatable bonds is 3. The third kappa shape index (κ3) is 2.83. The molecule has 1 aliphatic heterocycles. The molecule has 7 nitrogen and oxygen atoms in total. The van der Waals surface area contributed by atoms with Crippen LogP contribution < -0.4 is 10.7 Å². The van der Waals surface area contributed by atoms with Gasteiger partial charge in [-0.05, 0) is 22.0 Å². The second kappa shape index (κ2) is 5.58. The van der Waals surface area contributed by atoms with Crippen LogP contribution in [0.15, 0.2) is 32.8 Å². The molecule has 18 heavy (non-hydrogen) atoms. The first-order valence-corrected chi connectivity index (χ1v) is 5.98. The summed E-state index contributed by atoms with van der Waals surface area (Å²) in [4.78, 5) is 14.5. The summed E-state index contributed by atoms with van der Waals surface area (Å²) in [5.41, 5.74) is 3.10. The monoisotopic (exact) mass is 311 g/mol. The normalized spacial score (nSPS) is 14.4. The van der Waals surface area contributed by atoms with Crippen LogP contribution in [0.25, 0.3) is 0 Å². The van der Waals surface area contributed by atoms with Crippen LogP contribution in [0.2, 0.25) is 0 Å². The number of hydrogen-bond acceptors (Lipinski definition) is 6. The predicted molar refractivity (Wildman–Crippen MR) is 71.8 cm³/mol. The molecular formula is C10H10BrN5O2. The number of nitrogens with zero attached hydrogens (tertiary/aromatic N) is 3. The fourth-order valence-corrected chi connectivity index (χ4v) is 1.90. The van der Waals surface area contributed by atoms with Crippen molar-refractivity contribution in [2.24, 2.45) is 10.1 Å². The predicted octanol–water partition coefficient (Wildman–Crippen LogP) is 1.24. The molecule has 0 unspecified atom stereocenters. The highest BCUT2D eigenvalue weighted by atomic mass is 79.9. The molecule has 0 aromatic heterocycles. The number of benzene rings is 1. The molecule has 2 N–H and O–H groups in total. The van der Waals surface area contributed by atoms with Crippen LogP contribution in [-0.4, -0.2) is 30.2 Å². The van der Waals surface area contributed by atoms with Crippen LogP contribution in [0.1, 0.15) is 5.56 Å². The first-order chi connectivity index (χ1) is 8.68. The Kier molecular flexibility index (Phi) is 3.88. The highest BCUT2D eigenvalue weighted by Crippen LogP contribution is 2.24. The SMILES string of the molecule is O=[N+]([O-])c1cccc(Br)c1C=NNC1=NCCN1. The van der Waals surface area contributed by atoms with Crippen molar-refractivity contribution in [3.8, 4) is 0 Å². The van der Waals surface area contributed by atoms with Crippen LogP contribution in [0.5, 0.6) is 0 Å². The Hall–Kier alpha value is -1.96. The summed E-state index contributed by atoms with van der Waals surface area (Å²) in [6.45, 7) is 1.47. The molecular weight excluding hydrogens is 302 g/mol. The van der Waals surface area contributed by atoms with E-state index < -0.39 is 4.92 Å². The maximum Gasteiger partial charge on any atom is 0.279 e. The topological polar surface area (TPSA) is 91.9 Å². The molecule has 0 bridgehead atoms. The van der Waals surface area contributed by atoms with E-state index in [1.807, 2.05) is 0 Å². The molecule has 0 saturated heterocycles. The highest BCUT2D eigenvalue weighted by Gasteiger charge is 2.14. The largest absolute Gasteiger partial charge is 0.353 e. The zero-order valence-corrected chi connectivity index (χ0v) is 10.8. The summed E-state index contributed by atoms with van der Waals surface area (Å²) in [7, 11) is 0. The quantitative estimate of drug-likeness (QED) is 0.499. The lowest BCUT2D eigenvalue weighted by Gasteiger charge is -2.01. The fourth-order valence-electron chi connectivity index (χ4n) is 1.44. The average molecular weight is 312 g/mol. The number of hydrazone groups is 1. The Morgan fingerprint density at radius 2 is 2.44 bits per heavy atom. The summed E-state index contributed by atoms with van der Waals surface area (Å²) in [5.74, 6) is 0.570. The van der Waals surface area contributed by atoms with Crippen LogP contribution in [-0.2, 0) is 0 Å². The van der Waals surface area contributed by atoms with Gasteiger partial charge in [-0.3, -0.25) is 10.1 Å². The van der Waals surface area contributed by atoms with E-state index in [0.717, 1.165) is 6.54 Å². The third-order valence-corrected chi connectivity index (χ3v) is 2.96. The van der Waals surface area contributed by atoms with Crippen molar-refractivity contribution in [2.45, 2.75) is 0 Å². The van der Waals surface area contributed by atoms with Crippen molar-refractivity contribution in [3.05, 3.63) is 38.3 Å². The van der Waals surface area contributed by atoms with Crippen molar-refractivity contribution in [1.29, 1.82) is 0 Å². The molecule has 8 heteroatoms. The van der Waals surface area contributed by atoms with Crippen LogP contribution in [0.3, 0.4) is 0 Å². The van der Waals surface area contributed by atoms with Gasteiger partial charge < -0.3 is 5.32 Å². The van der Waals surface area contributed by atoms with E-state index in [4.69, 9.17) is 0 Å². The van der Waals surface area contributed by atoms with Crippen LogP contribution >= 0.6 is 15.9 Å². The molecule has 2 rings (SSSR count). The molecule has 1 heterocycles. The smallest absolute Gasteiger partial charge is 0.279 e. The van der Waals surface area contributed by atoms with E-state index in [9.17, 15) is 10.1 Å². The second-order valence-electron chi connectivity index (χ2n) is 3.46. The Balaban J connectivity index is 2.17. The minimum absolute atomic E-state index is 0.00348. The molecule has 0 aliphatic carbocycles. The summed E-state index contributed by atoms with van der Waals surface area (Å²) in [5, 5.41) is 17.8. The first-order valence-electron chi connectivity index (χ1n) is 5.19. The lowest BCUT2D eigenvalue weighted by Crippen LogP contribution is -2.30. The van der Waals surface area contributed by atoms with Gasteiger partial charge in [0, 0.05) is 17.1 Å². The zero-order valence-electron chi connectivity index (χ0n) is 9.26. The number of nitro benzene ring substituents is 1. The van der Waals surface area contributed by atoms with Crippen LogP contribution in [0.4, 0.5) is 5.69 Å². The van der Waals surface area contributed by atoms with E-state index in [1.54, 1.807) is 12.1 Å². The van der Waals surface area contributed by atoms with Crippen LogP contribution in [0, 0.1) is 10.1 Å². The Morgan fingerprint density at radius 1 is 1.61 bits per heavy atom. The van der Waals surface area contributed by atoms with Gasteiger partial charge in [-0.2, -0.15) is 5.10 Å². The number of hydrogen-bond donors (Lipinski definition) is 2. The molecule has 0 saturated carbocycles. The van der Waals surface area contributed by atoms with Gasteiger partial charge in [0.05, 0.1) is 23.2 Å². The lowest BCUT2D eigenvalue weighted by atomic mass is 10.2. The summed E-state index contributed by atoms with van der Waals surface area (Å²) in [6, 6.07) is 4.76. The number of nitrogens with one attached hydrogen (secondary N) is 2. The van der Waals surface area contributed by atoms with Gasteiger partial charge in [0.2, 0.25) is 5.96 Å². The van der Waals surface area contributed by atoms with E-state index in [2.05, 4.69) is 36.8 Å². The zero-order chi connectivity index (χ0) is 13.0. The van der Waals surface area contributed by atoms with Gasteiger partial charge in [0.25, 0.3) is 5.69 Å². The molecule has 1 aromatic rings. The molecule has 0 radical (unpaired) electrons. The lowest BCUT2D eigenvalue weighted by molar-refractivity contribution is -0.385. The standard InChI is InChI=1S/C10H10BrN5O2/c11-8-2-1-3-9(16(17)18)7(8)6-14-15-10-12-4-5-13-10/h1-3,6H,4-5H2,(H2,12,13,15). The molecule has 1 aromatic carbocycles. The molecule has 0 atom stereocenters. The Labute approximate surface area is 111 Å². The minimum atomic E-state index is -0.447. The van der Waals surface area contributed by atoms with Gasteiger partial charge in [0.15, 0.2) is 0 Å². The van der Waals surface area contributed by atoms with Gasteiger partial charge in [-0.1, -0.05) is 6.07 Å². The average Bonchev–Trinajstić information content (AvgIpc) is 2.84. The minimum Gasteiger partial charge on any atom is -0.353 e. The second-order valence-corrected chi connectivity index (χ2v) is 4.31. The number of halogens is 1. The Morgan fingerprint density at radius 3 is 3.11 bits per heavy atom. The van der Waals surface area contributed by atoms with Gasteiger partial charge in [-0.25, -0.2) is 10.4 Å². The van der Waals surface area contributed by atoms with Gasteiger partial charge >= 0.3 is 0 Å². The van der Waals surface area contributed by atoms with E-state index in [0.29, 0.717) is 22.5 Å². The number of nitro groups is 1. The van der Waals surface area contributed by atoms with Crippen molar-refractivity contribution < 1.29 is 4.92 Å². The number of aliphatic imine (C=N–C) groups is 1. The van der Waals surface area contributed by atoms with E-state index in [1.165, 1.54) is 12.3 Å². The highest BCUT2D eigenvalue weighted by molar-refractivity contribution is 9.10. The van der Waals surface area contributed by atoms with Crippen molar-refractivity contribution in [3.63, 3.8) is 0 Å². The third-order valence-electron chi connectivity index (χ3n) is 2.26. The van der Waals surface area contributed by atoms with Crippen molar-refractivity contribution in [2.75, 3.05) is 13.1 Å². The first kappa shape index (κ1) is 12.5. The molecule has 0 fully saturated rings. The molecule has 0 spiro atoms. The molecule has 1 aliphatic rings. The fraction of sp³-hybridized carbons (Fsp3) is 0.200. The Bertz CT molecular complexity index is 529. The summed E-state index contributed by atoms with van der Waals surface area (Å²) in [6.07, 6.45) is 1.39. The van der Waals surface area contributed by atoms with Gasteiger partial charge in [0.1, 0.15) is 0 Å². The molecule has 0 amide bonds. The molecule has 94 valence electrons.